The van der Waals surface area contributed by atoms with Gasteiger partial charge in [0.15, 0.2) is 0 Å². The number of fused-ring (bicyclic) bond motifs is 1. The van der Waals surface area contributed by atoms with Gasteiger partial charge >= 0.3 is 0 Å². The molecule has 0 spiro atoms. The largest absolute Gasteiger partial charge is 0.336 e. The topological polar surface area (TPSA) is 48.3 Å². The van der Waals surface area contributed by atoms with Crippen molar-refractivity contribution in [3.05, 3.63) is 30.5 Å². The summed E-state index contributed by atoms with van der Waals surface area (Å²) in [5.41, 5.74) is 0.901. The Morgan fingerprint density at radius 3 is 2.82 bits per heavy atom. The maximum Gasteiger partial charge on any atom is 0.296 e. The van der Waals surface area contributed by atoms with E-state index in [0.29, 0.717) is 6.54 Å². The molecule has 4 nitrogen and oxygen atoms in total. The molecule has 0 radical (unpaired) electrons. The molecule has 0 bridgehead atoms. The molecule has 1 aromatic carbocycles. The molecule has 0 fully saturated rings. The lowest BCUT2D eigenvalue weighted by Gasteiger charge is -2.03. The van der Waals surface area contributed by atoms with Crippen molar-refractivity contribution in [3.8, 4) is 12.3 Å². The van der Waals surface area contributed by atoms with Crippen LogP contribution >= 0.6 is 0 Å². The molecule has 0 atom stereocenters. The Kier molecular flexibility index (Phi) is 2.92. The minimum Gasteiger partial charge on any atom is -0.336 e. The van der Waals surface area contributed by atoms with Gasteiger partial charge in [-0.3, -0.25) is 4.18 Å². The van der Waals surface area contributed by atoms with Crippen LogP contribution in [0.25, 0.3) is 10.9 Å². The average molecular weight is 249 g/mol. The second-order valence-electron chi connectivity index (χ2n) is 3.49. The van der Waals surface area contributed by atoms with E-state index in [0.717, 1.165) is 18.0 Å². The summed E-state index contributed by atoms with van der Waals surface area (Å²) >= 11 is 0. The van der Waals surface area contributed by atoms with E-state index in [2.05, 4.69) is 10.1 Å². The highest BCUT2D eigenvalue weighted by atomic mass is 32.2. The number of hydrogen-bond donors (Lipinski definition) is 0. The number of hydrogen-bond acceptors (Lipinski definition) is 3. The van der Waals surface area contributed by atoms with Crippen LogP contribution in [-0.2, 0) is 20.8 Å². The highest BCUT2D eigenvalue weighted by Gasteiger charge is 2.13. The van der Waals surface area contributed by atoms with E-state index in [-0.39, 0.29) is 4.90 Å². The predicted octanol–water partition coefficient (Wildman–Crippen LogP) is 1.61. The van der Waals surface area contributed by atoms with Gasteiger partial charge in [-0.15, -0.1) is 6.42 Å². The smallest absolute Gasteiger partial charge is 0.296 e. The monoisotopic (exact) mass is 249 g/mol. The molecule has 2 rings (SSSR count). The fourth-order valence-electron chi connectivity index (χ4n) is 1.67. The molecule has 0 saturated heterocycles. The minimum absolute atomic E-state index is 0.144. The van der Waals surface area contributed by atoms with Crippen LogP contribution in [0.3, 0.4) is 0 Å². The summed E-state index contributed by atoms with van der Waals surface area (Å²) < 4.78 is 29.4. The van der Waals surface area contributed by atoms with Crippen molar-refractivity contribution in [2.75, 3.05) is 7.11 Å². The normalized spacial score (nSPS) is 11.5. The number of benzene rings is 1. The van der Waals surface area contributed by atoms with Crippen LogP contribution in [0.1, 0.15) is 0 Å². The SMILES string of the molecule is C#CCn1ccc2cc(S(=O)(=O)OC)ccc21. The van der Waals surface area contributed by atoms with Gasteiger partial charge in [-0.05, 0) is 24.3 Å². The zero-order valence-corrected chi connectivity index (χ0v) is 10.1. The Balaban J connectivity index is 2.58. The molecule has 1 heterocycles. The molecule has 0 aliphatic rings. The van der Waals surface area contributed by atoms with Crippen LogP contribution in [0, 0.1) is 12.3 Å². The van der Waals surface area contributed by atoms with Crippen molar-refractivity contribution in [1.29, 1.82) is 0 Å². The second kappa shape index (κ2) is 4.24. The summed E-state index contributed by atoms with van der Waals surface area (Å²) in [7, 11) is -2.50. The Bertz CT molecular complexity index is 692. The van der Waals surface area contributed by atoms with Crippen LogP contribution in [0.2, 0.25) is 0 Å². The van der Waals surface area contributed by atoms with Crippen LogP contribution in [-0.4, -0.2) is 20.1 Å². The van der Waals surface area contributed by atoms with E-state index in [1.165, 1.54) is 6.07 Å². The molecule has 2 aromatic rings. The molecule has 0 unspecified atom stereocenters. The van der Waals surface area contributed by atoms with Crippen molar-refractivity contribution in [2.24, 2.45) is 0 Å². The third-order valence-electron chi connectivity index (χ3n) is 2.51. The molecule has 0 N–H and O–H groups in total. The van der Waals surface area contributed by atoms with Crippen LogP contribution in [0.4, 0.5) is 0 Å². The van der Waals surface area contributed by atoms with Crippen molar-refractivity contribution in [3.63, 3.8) is 0 Å². The van der Waals surface area contributed by atoms with Gasteiger partial charge in [0.05, 0.1) is 18.6 Å². The molecule has 5 heteroatoms. The molecule has 88 valence electrons. The van der Waals surface area contributed by atoms with E-state index in [9.17, 15) is 8.42 Å². The van der Waals surface area contributed by atoms with Gasteiger partial charge in [-0.1, -0.05) is 5.92 Å². The van der Waals surface area contributed by atoms with E-state index in [4.69, 9.17) is 6.42 Å². The van der Waals surface area contributed by atoms with Crippen molar-refractivity contribution >= 4 is 21.0 Å². The first kappa shape index (κ1) is 11.7. The Hall–Kier alpha value is -1.77. The van der Waals surface area contributed by atoms with Gasteiger partial charge in [0.1, 0.15) is 0 Å². The zero-order valence-electron chi connectivity index (χ0n) is 9.25. The fraction of sp³-hybridized carbons (Fsp3) is 0.167. The summed E-state index contributed by atoms with van der Waals surface area (Å²) in [4.78, 5) is 0.144. The van der Waals surface area contributed by atoms with Crippen LogP contribution in [0.5, 0.6) is 0 Å². The second-order valence-corrected chi connectivity index (χ2v) is 5.20. The van der Waals surface area contributed by atoms with Gasteiger partial charge in [0.25, 0.3) is 10.1 Å². The van der Waals surface area contributed by atoms with Gasteiger partial charge < -0.3 is 4.57 Å². The number of rotatable bonds is 3. The minimum atomic E-state index is -3.64. The van der Waals surface area contributed by atoms with Crippen LogP contribution in [0.15, 0.2) is 35.4 Å². The molecular weight excluding hydrogens is 238 g/mol. The molecule has 0 amide bonds. The van der Waals surface area contributed by atoms with Crippen molar-refractivity contribution in [2.45, 2.75) is 11.4 Å². The maximum atomic E-state index is 11.5. The van der Waals surface area contributed by atoms with E-state index in [1.807, 2.05) is 16.8 Å². The fourth-order valence-corrected chi connectivity index (χ4v) is 2.36. The lowest BCUT2D eigenvalue weighted by molar-refractivity contribution is 0.398. The third kappa shape index (κ3) is 2.05. The third-order valence-corrected chi connectivity index (χ3v) is 3.78. The van der Waals surface area contributed by atoms with Gasteiger partial charge in [-0.25, -0.2) is 0 Å². The Morgan fingerprint density at radius 1 is 1.41 bits per heavy atom. The van der Waals surface area contributed by atoms with Crippen molar-refractivity contribution in [1.82, 2.24) is 4.57 Å². The van der Waals surface area contributed by atoms with E-state index < -0.39 is 10.1 Å². The molecule has 0 saturated carbocycles. The van der Waals surface area contributed by atoms with Gasteiger partial charge in [0.2, 0.25) is 0 Å². The summed E-state index contributed by atoms with van der Waals surface area (Å²) in [6.45, 7) is 0.458. The predicted molar refractivity (Wildman–Crippen MR) is 65.0 cm³/mol. The highest BCUT2D eigenvalue weighted by molar-refractivity contribution is 7.86. The average Bonchev–Trinajstić information content (AvgIpc) is 2.72. The molecular formula is C12H11NO3S. The summed E-state index contributed by atoms with van der Waals surface area (Å²) in [6.07, 6.45) is 7.07. The molecule has 0 aliphatic heterocycles. The highest BCUT2D eigenvalue weighted by Crippen LogP contribution is 2.21. The maximum absolute atomic E-state index is 11.5. The Morgan fingerprint density at radius 2 is 2.18 bits per heavy atom. The van der Waals surface area contributed by atoms with Crippen LogP contribution < -0.4 is 0 Å². The first-order chi connectivity index (χ1) is 8.08. The first-order valence-electron chi connectivity index (χ1n) is 4.91. The van der Waals surface area contributed by atoms with Crippen molar-refractivity contribution < 1.29 is 12.6 Å². The van der Waals surface area contributed by atoms with Gasteiger partial charge in [0, 0.05) is 17.1 Å². The number of terminal acetylenes is 1. The molecule has 1 aromatic heterocycles. The lowest BCUT2D eigenvalue weighted by atomic mass is 10.2. The van der Waals surface area contributed by atoms with Gasteiger partial charge in [-0.2, -0.15) is 8.42 Å². The van der Waals surface area contributed by atoms with E-state index in [1.54, 1.807) is 12.1 Å². The summed E-state index contributed by atoms with van der Waals surface area (Å²) in [5.74, 6) is 2.54. The summed E-state index contributed by atoms with van der Waals surface area (Å²) in [5, 5.41) is 0.818. The first-order valence-corrected chi connectivity index (χ1v) is 6.32. The Labute approximate surface area is 99.9 Å². The lowest BCUT2D eigenvalue weighted by Crippen LogP contribution is -2.02. The quantitative estimate of drug-likeness (QED) is 0.613. The zero-order chi connectivity index (χ0) is 12.5. The number of nitrogens with zero attached hydrogens (tertiary/aromatic N) is 1. The molecule has 0 aliphatic carbocycles. The number of aromatic nitrogens is 1. The standard InChI is InChI=1S/C12H11NO3S/c1-3-7-13-8-6-10-9-11(4-5-12(10)13)17(14,15)16-2/h1,4-6,8-9H,7H2,2H3. The summed E-state index contributed by atoms with van der Waals surface area (Å²) in [6, 6.07) is 6.62. The van der Waals surface area contributed by atoms with E-state index >= 15 is 0 Å². The molecule has 17 heavy (non-hydrogen) atoms.